The van der Waals surface area contributed by atoms with Crippen LogP contribution in [-0.4, -0.2) is 45.1 Å². The molecule has 2 aliphatic rings. The molecule has 8 bridgehead atoms. The number of aryl methyl sites for hydroxylation is 4. The molecule has 13 heteroatoms. The van der Waals surface area contributed by atoms with E-state index in [0.717, 1.165) is 22.3 Å². The molecule has 231 valence electrons. The SMILES string of the molecule is CC1=C(CCC(=O)O)c2cc3[n-]c(cc4nc(cc5[n-]c(cc1n2)c(C)c5C)C(S(=O)(=O)O)=C4C)c(C)c3CCC(=O)O.[Rh+2]. The first-order valence-corrected chi connectivity index (χ1v) is 15.0. The molecule has 0 amide bonds. The molecule has 3 aromatic heterocycles. The summed E-state index contributed by atoms with van der Waals surface area (Å²) in [6.45, 7) is 8.95. The summed E-state index contributed by atoms with van der Waals surface area (Å²) in [5, 5.41) is 18.8. The van der Waals surface area contributed by atoms with E-state index in [-0.39, 0.29) is 67.0 Å². The number of nitrogens with zero attached hydrogens (tertiary/aromatic N) is 4. The Labute approximate surface area is 266 Å². The molecule has 5 heterocycles. The van der Waals surface area contributed by atoms with Crippen molar-refractivity contribution < 1.29 is 52.3 Å². The first kappa shape index (κ1) is 33.0. The molecule has 0 spiro atoms. The van der Waals surface area contributed by atoms with Crippen LogP contribution in [0.25, 0.3) is 43.7 Å². The Morgan fingerprint density at radius 2 is 1.14 bits per heavy atom. The number of carboxylic acid groups (broad SMARTS) is 2. The van der Waals surface area contributed by atoms with Crippen LogP contribution in [0.5, 0.6) is 0 Å². The Hall–Kier alpha value is -3.93. The van der Waals surface area contributed by atoms with Crippen molar-refractivity contribution in [3.63, 3.8) is 0 Å². The van der Waals surface area contributed by atoms with Gasteiger partial charge in [0.15, 0.2) is 0 Å². The first-order valence-electron chi connectivity index (χ1n) is 13.6. The van der Waals surface area contributed by atoms with Crippen LogP contribution in [-0.2, 0) is 45.6 Å². The van der Waals surface area contributed by atoms with Crippen molar-refractivity contribution in [3.05, 3.63) is 69.3 Å². The van der Waals surface area contributed by atoms with Crippen molar-refractivity contribution in [1.29, 1.82) is 0 Å². The predicted octanol–water partition coefficient (Wildman–Crippen LogP) is 5.08. The maximum Gasteiger partial charge on any atom is 2.00 e. The number of aliphatic carboxylic acids is 2. The minimum Gasteiger partial charge on any atom is -0.657 e. The van der Waals surface area contributed by atoms with E-state index in [1.165, 1.54) is 6.07 Å². The fraction of sp³-hybridized carbons (Fsp3) is 0.290. The molecule has 3 aromatic rings. The number of fused-ring (bicyclic) bond motifs is 8. The summed E-state index contributed by atoms with van der Waals surface area (Å²) in [5.74, 6) is -1.92. The maximum atomic E-state index is 12.5. The van der Waals surface area contributed by atoms with E-state index in [9.17, 15) is 32.8 Å². The molecular formula is C31H30N4O7RhS. The Balaban J connectivity index is 0.00000442. The van der Waals surface area contributed by atoms with Gasteiger partial charge in [0, 0.05) is 12.8 Å². The van der Waals surface area contributed by atoms with Crippen molar-refractivity contribution in [3.8, 4) is 0 Å². The quantitative estimate of drug-likeness (QED) is 0.220. The fourth-order valence-electron chi connectivity index (χ4n) is 5.49. The third kappa shape index (κ3) is 6.17. The number of allylic oxidation sites excluding steroid dienone is 3. The monoisotopic (exact) mass is 705 g/mol. The zero-order valence-corrected chi connectivity index (χ0v) is 27.1. The zero-order valence-electron chi connectivity index (χ0n) is 24.6. The fourth-order valence-corrected chi connectivity index (χ4v) is 6.35. The van der Waals surface area contributed by atoms with Gasteiger partial charge >= 0.3 is 31.4 Å². The van der Waals surface area contributed by atoms with Crippen molar-refractivity contribution in [2.75, 3.05) is 0 Å². The molecule has 0 aromatic carbocycles. The summed E-state index contributed by atoms with van der Waals surface area (Å²) in [6.07, 6.45) is 0.170. The normalized spacial score (nSPS) is 13.3. The Bertz CT molecular complexity index is 2070. The molecule has 2 aliphatic heterocycles. The third-order valence-corrected chi connectivity index (χ3v) is 9.10. The average molecular weight is 706 g/mol. The van der Waals surface area contributed by atoms with Crippen LogP contribution < -0.4 is 9.97 Å². The van der Waals surface area contributed by atoms with Gasteiger partial charge < -0.3 is 20.2 Å². The van der Waals surface area contributed by atoms with Gasteiger partial charge in [0.1, 0.15) is 4.91 Å². The summed E-state index contributed by atoms with van der Waals surface area (Å²) in [7, 11) is -4.65. The summed E-state index contributed by atoms with van der Waals surface area (Å²) < 4.78 is 35.1. The average Bonchev–Trinajstić information content (AvgIpc) is 3.56. The van der Waals surface area contributed by atoms with Crippen LogP contribution in [0.3, 0.4) is 0 Å². The van der Waals surface area contributed by atoms with Gasteiger partial charge in [0.05, 0.1) is 22.8 Å². The van der Waals surface area contributed by atoms with Crippen LogP contribution in [0.15, 0.2) is 24.3 Å². The molecule has 0 aliphatic carbocycles. The minimum absolute atomic E-state index is 0. The minimum atomic E-state index is -4.65. The van der Waals surface area contributed by atoms with Gasteiger partial charge in [-0.3, -0.25) is 14.1 Å². The molecule has 0 unspecified atom stereocenters. The summed E-state index contributed by atoms with van der Waals surface area (Å²) >= 11 is 0. The van der Waals surface area contributed by atoms with Crippen molar-refractivity contribution in [2.24, 2.45) is 0 Å². The number of hydrogen-bond acceptors (Lipinski definition) is 6. The van der Waals surface area contributed by atoms with E-state index in [4.69, 9.17) is 15.0 Å². The molecule has 11 nitrogen and oxygen atoms in total. The van der Waals surface area contributed by atoms with Gasteiger partial charge in [0.25, 0.3) is 10.1 Å². The molecule has 0 fully saturated rings. The zero-order chi connectivity index (χ0) is 31.4. The van der Waals surface area contributed by atoms with Gasteiger partial charge in [0.2, 0.25) is 0 Å². The molecular weight excluding hydrogens is 675 g/mol. The van der Waals surface area contributed by atoms with Gasteiger partial charge in [-0.1, -0.05) is 40.5 Å². The van der Waals surface area contributed by atoms with E-state index < -0.39 is 22.1 Å². The van der Waals surface area contributed by atoms with Crippen molar-refractivity contribution in [1.82, 2.24) is 19.9 Å². The van der Waals surface area contributed by atoms with E-state index in [2.05, 4.69) is 4.98 Å². The van der Waals surface area contributed by atoms with Gasteiger partial charge in [-0.15, -0.1) is 22.1 Å². The Morgan fingerprint density at radius 1 is 0.682 bits per heavy atom. The number of hydrogen-bond donors (Lipinski definition) is 3. The molecule has 44 heavy (non-hydrogen) atoms. The number of carboxylic acids is 2. The summed E-state index contributed by atoms with van der Waals surface area (Å²) in [4.78, 5) is 41.6. The van der Waals surface area contributed by atoms with E-state index >= 15 is 0 Å². The van der Waals surface area contributed by atoms with Crippen molar-refractivity contribution in [2.45, 2.75) is 60.3 Å². The number of carbonyl (C=O) groups is 2. The number of rotatable bonds is 7. The van der Waals surface area contributed by atoms with Crippen LogP contribution in [0.4, 0.5) is 0 Å². The Morgan fingerprint density at radius 3 is 1.70 bits per heavy atom. The van der Waals surface area contributed by atoms with Crippen molar-refractivity contribution >= 4 is 65.7 Å². The second kappa shape index (κ2) is 12.2. The molecule has 5 rings (SSSR count). The van der Waals surface area contributed by atoms with Gasteiger partial charge in [-0.05, 0) is 70.2 Å². The van der Waals surface area contributed by atoms with E-state index in [1.807, 2.05) is 20.8 Å². The summed E-state index contributed by atoms with van der Waals surface area (Å²) in [5.41, 5.74) is 8.22. The smallest absolute Gasteiger partial charge is 0.657 e. The summed E-state index contributed by atoms with van der Waals surface area (Å²) in [6, 6.07) is 6.68. The van der Waals surface area contributed by atoms with Crippen LogP contribution in [0.2, 0.25) is 0 Å². The van der Waals surface area contributed by atoms with Gasteiger partial charge in [-0.25, -0.2) is 9.97 Å². The van der Waals surface area contributed by atoms with Crippen LogP contribution in [0.1, 0.15) is 78.1 Å². The van der Waals surface area contributed by atoms with E-state index in [1.54, 1.807) is 32.0 Å². The van der Waals surface area contributed by atoms with E-state index in [0.29, 0.717) is 44.6 Å². The first-order chi connectivity index (χ1) is 20.1. The standard InChI is InChI=1S/C31H32N4O7S.Rh/c1-14-15(2)22-12-28-31(43(40,41)42)18(5)25(35-28)11-24-17(4)20(7-9-30(38)39)27(34-24)13-26-19(6-8-29(36)37)16(3)23(33-26)10-21(14)32-22;/h10-13H,6-9H2,1-5H3,(H5,32,33,34,35,36,37,38,39,40,41,42);/q;+2/p-2. The largest absolute Gasteiger partial charge is 2.00 e. The second-order valence-electron chi connectivity index (χ2n) is 10.8. The number of aromatic nitrogens is 4. The maximum absolute atomic E-state index is 12.5. The third-order valence-electron chi connectivity index (χ3n) is 8.07. The molecule has 0 saturated carbocycles. The molecule has 0 atom stereocenters. The molecule has 0 saturated heterocycles. The predicted molar refractivity (Wildman–Crippen MR) is 163 cm³/mol. The van der Waals surface area contributed by atoms with Crippen LogP contribution in [0, 0.1) is 20.8 Å². The van der Waals surface area contributed by atoms with Crippen LogP contribution >= 0.6 is 0 Å². The second-order valence-corrected chi connectivity index (χ2v) is 12.1. The topological polar surface area (TPSA) is 183 Å². The molecule has 3 N–H and O–H groups in total. The van der Waals surface area contributed by atoms with Gasteiger partial charge in [-0.2, -0.15) is 8.42 Å². The molecule has 1 radical (unpaired) electrons. The Kier molecular flexibility index (Phi) is 9.16.